The van der Waals surface area contributed by atoms with E-state index in [1.807, 2.05) is 26.8 Å². The first-order chi connectivity index (χ1) is 9.49. The highest BCUT2D eigenvalue weighted by molar-refractivity contribution is 6.05. The van der Waals surface area contributed by atoms with Gasteiger partial charge in [-0.1, -0.05) is 31.9 Å². The molecule has 0 saturated heterocycles. The highest BCUT2D eigenvalue weighted by Crippen LogP contribution is 2.28. The Hall–Kier alpha value is -1.90. The van der Waals surface area contributed by atoms with E-state index in [9.17, 15) is 9.90 Å². The number of aromatic carboxylic acids is 1. The smallest absolute Gasteiger partial charge is 0.336 e. The summed E-state index contributed by atoms with van der Waals surface area (Å²) in [5.74, 6) is -0.850. The average Bonchev–Trinajstić information content (AvgIpc) is 2.38. The van der Waals surface area contributed by atoms with Crippen LogP contribution in [0.4, 0.5) is 0 Å². The first-order valence-corrected chi connectivity index (χ1v) is 7.15. The Labute approximate surface area is 119 Å². The number of aryl methyl sites for hydroxylation is 3. The highest BCUT2D eigenvalue weighted by Gasteiger charge is 2.19. The number of carboxylic acids is 1. The van der Waals surface area contributed by atoms with Gasteiger partial charge in [-0.05, 0) is 43.9 Å². The molecular weight excluding hydrogens is 250 g/mol. The normalized spacial score (nSPS) is 11.0. The summed E-state index contributed by atoms with van der Waals surface area (Å²) in [5.41, 5.74) is 5.21. The Kier molecular flexibility index (Phi) is 4.07. The Morgan fingerprint density at radius 1 is 1.25 bits per heavy atom. The summed E-state index contributed by atoms with van der Waals surface area (Å²) in [4.78, 5) is 16.5. The number of aromatic nitrogens is 1. The third-order valence-electron chi connectivity index (χ3n) is 3.67. The number of nitrogens with zero attached hydrogens (tertiary/aromatic N) is 1. The van der Waals surface area contributed by atoms with Crippen LogP contribution in [0.1, 0.15) is 53.0 Å². The Morgan fingerprint density at radius 3 is 2.50 bits per heavy atom. The number of carbonyl (C=O) groups is 1. The minimum Gasteiger partial charge on any atom is -0.478 e. The number of pyridine rings is 1. The van der Waals surface area contributed by atoms with E-state index < -0.39 is 5.97 Å². The van der Waals surface area contributed by atoms with E-state index in [0.717, 1.165) is 46.1 Å². The first kappa shape index (κ1) is 14.5. The third-order valence-corrected chi connectivity index (χ3v) is 3.67. The lowest BCUT2D eigenvalue weighted by Gasteiger charge is -2.15. The van der Waals surface area contributed by atoms with Crippen molar-refractivity contribution in [2.75, 3.05) is 0 Å². The summed E-state index contributed by atoms with van der Waals surface area (Å²) in [7, 11) is 0. The topological polar surface area (TPSA) is 50.2 Å². The SMILES string of the molecule is CCCc1nc2c(C)cc(C)cc2c(C(=O)O)c1CC. The zero-order chi connectivity index (χ0) is 14.9. The maximum atomic E-state index is 11.7. The molecule has 0 saturated carbocycles. The van der Waals surface area contributed by atoms with E-state index in [2.05, 4.69) is 13.0 Å². The third kappa shape index (κ3) is 2.40. The second-order valence-corrected chi connectivity index (χ2v) is 5.30. The van der Waals surface area contributed by atoms with E-state index in [-0.39, 0.29) is 0 Å². The van der Waals surface area contributed by atoms with Crippen molar-refractivity contribution in [1.29, 1.82) is 0 Å². The minimum absolute atomic E-state index is 0.438. The van der Waals surface area contributed by atoms with Gasteiger partial charge in [0.15, 0.2) is 0 Å². The van der Waals surface area contributed by atoms with Crippen LogP contribution in [0.5, 0.6) is 0 Å². The second kappa shape index (κ2) is 5.61. The molecule has 0 spiro atoms. The number of rotatable bonds is 4. The van der Waals surface area contributed by atoms with Crippen LogP contribution in [0.15, 0.2) is 12.1 Å². The van der Waals surface area contributed by atoms with Crippen molar-refractivity contribution in [3.8, 4) is 0 Å². The van der Waals surface area contributed by atoms with Gasteiger partial charge in [-0.15, -0.1) is 0 Å². The summed E-state index contributed by atoms with van der Waals surface area (Å²) in [6.07, 6.45) is 2.50. The predicted octanol–water partition coefficient (Wildman–Crippen LogP) is 4.06. The standard InChI is InChI=1S/C17H21NO2/c1-5-7-14-12(6-2)15(17(19)20)13-9-10(3)8-11(4)16(13)18-14/h8-9H,5-7H2,1-4H3,(H,19,20). The molecule has 2 aromatic rings. The molecule has 1 aromatic heterocycles. The molecule has 3 nitrogen and oxygen atoms in total. The van der Waals surface area contributed by atoms with Gasteiger partial charge in [-0.2, -0.15) is 0 Å². The number of fused-ring (bicyclic) bond motifs is 1. The van der Waals surface area contributed by atoms with Crippen LogP contribution in [-0.2, 0) is 12.8 Å². The summed E-state index contributed by atoms with van der Waals surface area (Å²) in [5, 5.41) is 10.4. The molecule has 2 rings (SSSR count). The molecule has 20 heavy (non-hydrogen) atoms. The fourth-order valence-electron chi connectivity index (χ4n) is 2.88. The molecule has 0 aliphatic carbocycles. The van der Waals surface area contributed by atoms with Crippen molar-refractivity contribution in [2.45, 2.75) is 47.0 Å². The lowest BCUT2D eigenvalue weighted by Crippen LogP contribution is -2.10. The molecule has 0 amide bonds. The maximum Gasteiger partial charge on any atom is 0.336 e. The molecular formula is C17H21NO2. The van der Waals surface area contributed by atoms with Crippen LogP contribution in [0.25, 0.3) is 10.9 Å². The Balaban J connectivity index is 2.94. The van der Waals surface area contributed by atoms with Crippen molar-refractivity contribution in [2.24, 2.45) is 0 Å². The van der Waals surface area contributed by atoms with Gasteiger partial charge in [0.1, 0.15) is 0 Å². The Bertz CT molecular complexity index is 674. The molecule has 106 valence electrons. The van der Waals surface area contributed by atoms with Crippen LogP contribution in [0, 0.1) is 13.8 Å². The molecule has 1 heterocycles. The van der Waals surface area contributed by atoms with Gasteiger partial charge in [-0.25, -0.2) is 4.79 Å². The second-order valence-electron chi connectivity index (χ2n) is 5.30. The predicted molar refractivity (Wildman–Crippen MR) is 81.5 cm³/mol. The molecule has 0 atom stereocenters. The lowest BCUT2D eigenvalue weighted by molar-refractivity contribution is 0.0697. The van der Waals surface area contributed by atoms with Crippen molar-refractivity contribution >= 4 is 16.9 Å². The van der Waals surface area contributed by atoms with Crippen LogP contribution in [-0.4, -0.2) is 16.1 Å². The minimum atomic E-state index is -0.850. The monoisotopic (exact) mass is 271 g/mol. The van der Waals surface area contributed by atoms with Crippen molar-refractivity contribution in [3.63, 3.8) is 0 Å². The highest BCUT2D eigenvalue weighted by atomic mass is 16.4. The molecule has 0 aliphatic rings. The number of hydrogen-bond donors (Lipinski definition) is 1. The molecule has 0 unspecified atom stereocenters. The number of hydrogen-bond acceptors (Lipinski definition) is 2. The van der Waals surface area contributed by atoms with E-state index >= 15 is 0 Å². The zero-order valence-corrected chi connectivity index (χ0v) is 12.6. The van der Waals surface area contributed by atoms with E-state index in [1.54, 1.807) is 0 Å². The van der Waals surface area contributed by atoms with Crippen LogP contribution < -0.4 is 0 Å². The fourth-order valence-corrected chi connectivity index (χ4v) is 2.88. The van der Waals surface area contributed by atoms with E-state index in [4.69, 9.17) is 4.98 Å². The maximum absolute atomic E-state index is 11.7. The Morgan fingerprint density at radius 2 is 1.95 bits per heavy atom. The summed E-state index contributed by atoms with van der Waals surface area (Å²) in [6, 6.07) is 4.00. The number of benzene rings is 1. The van der Waals surface area contributed by atoms with Crippen molar-refractivity contribution in [1.82, 2.24) is 4.98 Å². The van der Waals surface area contributed by atoms with Gasteiger partial charge < -0.3 is 5.11 Å². The van der Waals surface area contributed by atoms with Crippen LogP contribution in [0.2, 0.25) is 0 Å². The molecule has 0 fully saturated rings. The molecule has 1 N–H and O–H groups in total. The lowest BCUT2D eigenvalue weighted by atomic mass is 9.94. The summed E-state index contributed by atoms with van der Waals surface area (Å²) in [6.45, 7) is 8.07. The summed E-state index contributed by atoms with van der Waals surface area (Å²) >= 11 is 0. The molecule has 0 radical (unpaired) electrons. The summed E-state index contributed by atoms with van der Waals surface area (Å²) < 4.78 is 0. The average molecular weight is 271 g/mol. The van der Waals surface area contributed by atoms with Gasteiger partial charge in [0.2, 0.25) is 0 Å². The fraction of sp³-hybridized carbons (Fsp3) is 0.412. The molecule has 1 aromatic carbocycles. The van der Waals surface area contributed by atoms with Crippen molar-refractivity contribution in [3.05, 3.63) is 40.1 Å². The van der Waals surface area contributed by atoms with E-state index in [0.29, 0.717) is 12.0 Å². The number of carboxylic acid groups (broad SMARTS) is 1. The van der Waals surface area contributed by atoms with Crippen molar-refractivity contribution < 1.29 is 9.90 Å². The largest absolute Gasteiger partial charge is 0.478 e. The van der Waals surface area contributed by atoms with Crippen LogP contribution >= 0.6 is 0 Å². The van der Waals surface area contributed by atoms with Gasteiger partial charge in [-0.3, -0.25) is 4.98 Å². The van der Waals surface area contributed by atoms with Gasteiger partial charge in [0, 0.05) is 11.1 Å². The molecule has 0 aliphatic heterocycles. The molecule has 3 heteroatoms. The molecule has 0 bridgehead atoms. The zero-order valence-electron chi connectivity index (χ0n) is 12.6. The van der Waals surface area contributed by atoms with E-state index in [1.165, 1.54) is 0 Å². The van der Waals surface area contributed by atoms with Gasteiger partial charge in [0.05, 0.1) is 11.1 Å². The quantitative estimate of drug-likeness (QED) is 0.912. The van der Waals surface area contributed by atoms with Gasteiger partial charge in [0.25, 0.3) is 0 Å². The van der Waals surface area contributed by atoms with Gasteiger partial charge >= 0.3 is 5.97 Å². The first-order valence-electron chi connectivity index (χ1n) is 7.15. The van der Waals surface area contributed by atoms with Crippen LogP contribution in [0.3, 0.4) is 0 Å².